The molecule has 0 spiro atoms. The van der Waals surface area contributed by atoms with Gasteiger partial charge in [0.2, 0.25) is 0 Å². The van der Waals surface area contributed by atoms with Gasteiger partial charge in [-0.2, -0.15) is 0 Å². The van der Waals surface area contributed by atoms with Crippen LogP contribution in [-0.4, -0.2) is 5.11 Å². The van der Waals surface area contributed by atoms with E-state index in [1.165, 1.54) is 0 Å². The lowest BCUT2D eigenvalue weighted by molar-refractivity contribution is 0.219. The summed E-state index contributed by atoms with van der Waals surface area (Å²) in [5.41, 5.74) is 3.70. The molecule has 3 heteroatoms. The van der Waals surface area contributed by atoms with Crippen LogP contribution in [0.25, 0.3) is 0 Å². The number of aryl methyl sites for hydroxylation is 2. The molecule has 2 rings (SSSR count). The molecular formula is C15H14Cl2O. The summed E-state index contributed by atoms with van der Waals surface area (Å²) in [6, 6.07) is 11.1. The standard InChI is InChI=1S/C15H14Cl2O/c1-9-3-4-10(2)13(7-9)15(18)12-6-5-11(16)8-14(12)17/h3-8,15,18H,1-2H3/t15-/m1/s1. The largest absolute Gasteiger partial charge is 0.384 e. The summed E-state index contributed by atoms with van der Waals surface area (Å²) < 4.78 is 0. The molecule has 94 valence electrons. The van der Waals surface area contributed by atoms with Gasteiger partial charge in [-0.15, -0.1) is 0 Å². The fraction of sp³-hybridized carbons (Fsp3) is 0.200. The maximum absolute atomic E-state index is 10.4. The molecule has 1 N–H and O–H groups in total. The number of aliphatic hydroxyl groups is 1. The van der Waals surface area contributed by atoms with Gasteiger partial charge in [-0.05, 0) is 37.1 Å². The first-order valence-corrected chi connectivity index (χ1v) is 6.45. The van der Waals surface area contributed by atoms with Crippen LogP contribution in [0.4, 0.5) is 0 Å². The van der Waals surface area contributed by atoms with Crippen LogP contribution in [0.2, 0.25) is 10.0 Å². The highest BCUT2D eigenvalue weighted by molar-refractivity contribution is 6.35. The van der Waals surface area contributed by atoms with Crippen LogP contribution in [0.15, 0.2) is 36.4 Å². The molecule has 0 saturated heterocycles. The van der Waals surface area contributed by atoms with Gasteiger partial charge in [0, 0.05) is 15.6 Å². The minimum atomic E-state index is -0.727. The predicted molar refractivity (Wildman–Crippen MR) is 76.4 cm³/mol. The van der Waals surface area contributed by atoms with Gasteiger partial charge >= 0.3 is 0 Å². The van der Waals surface area contributed by atoms with Crippen molar-refractivity contribution in [1.82, 2.24) is 0 Å². The van der Waals surface area contributed by atoms with Gasteiger partial charge in [0.05, 0.1) is 0 Å². The van der Waals surface area contributed by atoms with Crippen molar-refractivity contribution < 1.29 is 5.11 Å². The van der Waals surface area contributed by atoms with E-state index in [0.717, 1.165) is 16.7 Å². The highest BCUT2D eigenvalue weighted by atomic mass is 35.5. The number of hydrogen-bond acceptors (Lipinski definition) is 1. The molecule has 0 aliphatic rings. The first-order chi connectivity index (χ1) is 8.49. The summed E-state index contributed by atoms with van der Waals surface area (Å²) in [5, 5.41) is 11.5. The zero-order valence-corrected chi connectivity index (χ0v) is 11.8. The van der Waals surface area contributed by atoms with E-state index in [9.17, 15) is 5.11 Å². The van der Waals surface area contributed by atoms with Crippen LogP contribution in [0.5, 0.6) is 0 Å². The van der Waals surface area contributed by atoms with E-state index in [1.54, 1.807) is 18.2 Å². The zero-order chi connectivity index (χ0) is 13.3. The predicted octanol–water partition coefficient (Wildman–Crippen LogP) is 4.69. The van der Waals surface area contributed by atoms with E-state index in [2.05, 4.69) is 0 Å². The topological polar surface area (TPSA) is 20.2 Å². The van der Waals surface area contributed by atoms with Gasteiger partial charge in [-0.25, -0.2) is 0 Å². The zero-order valence-electron chi connectivity index (χ0n) is 10.2. The van der Waals surface area contributed by atoms with E-state index < -0.39 is 6.10 Å². The van der Waals surface area contributed by atoms with Crippen molar-refractivity contribution in [2.75, 3.05) is 0 Å². The van der Waals surface area contributed by atoms with Gasteiger partial charge in [0.1, 0.15) is 6.10 Å². The Morgan fingerprint density at radius 3 is 2.33 bits per heavy atom. The van der Waals surface area contributed by atoms with Crippen LogP contribution in [-0.2, 0) is 0 Å². The second-order valence-corrected chi connectivity index (χ2v) is 5.27. The Labute approximate surface area is 117 Å². The Kier molecular flexibility index (Phi) is 3.96. The number of rotatable bonds is 2. The summed E-state index contributed by atoms with van der Waals surface area (Å²) in [4.78, 5) is 0. The van der Waals surface area contributed by atoms with Crippen molar-refractivity contribution in [3.63, 3.8) is 0 Å². The van der Waals surface area contributed by atoms with Crippen LogP contribution in [0, 0.1) is 13.8 Å². The van der Waals surface area contributed by atoms with Crippen molar-refractivity contribution in [2.45, 2.75) is 20.0 Å². The molecule has 18 heavy (non-hydrogen) atoms. The number of hydrogen-bond donors (Lipinski definition) is 1. The molecule has 0 aliphatic heterocycles. The van der Waals surface area contributed by atoms with Crippen molar-refractivity contribution >= 4 is 23.2 Å². The van der Waals surface area contributed by atoms with Crippen LogP contribution >= 0.6 is 23.2 Å². The lowest BCUT2D eigenvalue weighted by Crippen LogP contribution is -2.03. The van der Waals surface area contributed by atoms with E-state index in [-0.39, 0.29) is 0 Å². The Morgan fingerprint density at radius 2 is 1.67 bits per heavy atom. The fourth-order valence-corrected chi connectivity index (χ4v) is 2.46. The summed E-state index contributed by atoms with van der Waals surface area (Å²) in [6.07, 6.45) is -0.727. The molecule has 2 aromatic rings. The first-order valence-electron chi connectivity index (χ1n) is 5.69. The van der Waals surface area contributed by atoms with Gasteiger partial charge in [0.25, 0.3) is 0 Å². The van der Waals surface area contributed by atoms with Gasteiger partial charge in [-0.1, -0.05) is 53.0 Å². The molecule has 0 fully saturated rings. The van der Waals surface area contributed by atoms with Crippen LogP contribution < -0.4 is 0 Å². The molecule has 0 radical (unpaired) electrons. The summed E-state index contributed by atoms with van der Waals surface area (Å²) in [5.74, 6) is 0. The first kappa shape index (κ1) is 13.4. The SMILES string of the molecule is Cc1ccc(C)c([C@H](O)c2ccc(Cl)cc2Cl)c1. The third-order valence-corrected chi connectivity index (χ3v) is 3.55. The lowest BCUT2D eigenvalue weighted by Gasteiger charge is -2.16. The molecular weight excluding hydrogens is 267 g/mol. The van der Waals surface area contributed by atoms with Gasteiger partial charge < -0.3 is 5.11 Å². The average Bonchev–Trinajstić information content (AvgIpc) is 2.31. The molecule has 0 unspecified atom stereocenters. The maximum Gasteiger partial charge on any atom is 0.106 e. The number of aliphatic hydroxyl groups excluding tert-OH is 1. The maximum atomic E-state index is 10.4. The van der Waals surface area contributed by atoms with Crippen molar-refractivity contribution in [3.05, 3.63) is 68.7 Å². The van der Waals surface area contributed by atoms with E-state index in [1.807, 2.05) is 32.0 Å². The highest BCUT2D eigenvalue weighted by Gasteiger charge is 2.16. The van der Waals surface area contributed by atoms with Gasteiger partial charge in [-0.3, -0.25) is 0 Å². The molecule has 0 bridgehead atoms. The van der Waals surface area contributed by atoms with Crippen molar-refractivity contribution in [1.29, 1.82) is 0 Å². The van der Waals surface area contributed by atoms with E-state index >= 15 is 0 Å². The average molecular weight is 281 g/mol. The molecule has 2 aromatic carbocycles. The Morgan fingerprint density at radius 1 is 0.944 bits per heavy atom. The third kappa shape index (κ3) is 2.69. The smallest absolute Gasteiger partial charge is 0.106 e. The molecule has 0 amide bonds. The normalized spacial score (nSPS) is 12.5. The molecule has 0 aliphatic carbocycles. The van der Waals surface area contributed by atoms with E-state index in [0.29, 0.717) is 15.6 Å². The Balaban J connectivity index is 2.47. The van der Waals surface area contributed by atoms with E-state index in [4.69, 9.17) is 23.2 Å². The number of benzene rings is 2. The summed E-state index contributed by atoms with van der Waals surface area (Å²) in [7, 11) is 0. The van der Waals surface area contributed by atoms with Crippen LogP contribution in [0.3, 0.4) is 0 Å². The lowest BCUT2D eigenvalue weighted by atomic mass is 9.96. The monoisotopic (exact) mass is 280 g/mol. The highest BCUT2D eigenvalue weighted by Crippen LogP contribution is 2.32. The fourth-order valence-electron chi connectivity index (χ4n) is 1.95. The molecule has 0 saturated carbocycles. The summed E-state index contributed by atoms with van der Waals surface area (Å²) in [6.45, 7) is 3.97. The molecule has 1 nitrogen and oxygen atoms in total. The van der Waals surface area contributed by atoms with Crippen molar-refractivity contribution in [2.24, 2.45) is 0 Å². The van der Waals surface area contributed by atoms with Gasteiger partial charge in [0.15, 0.2) is 0 Å². The molecule has 0 aromatic heterocycles. The molecule has 0 heterocycles. The molecule has 1 atom stereocenters. The van der Waals surface area contributed by atoms with Crippen molar-refractivity contribution in [3.8, 4) is 0 Å². The minimum absolute atomic E-state index is 0.482. The second kappa shape index (κ2) is 5.31. The quantitative estimate of drug-likeness (QED) is 0.846. The Bertz CT molecular complexity index is 579. The number of halogens is 2. The summed E-state index contributed by atoms with van der Waals surface area (Å²) >= 11 is 12.0. The second-order valence-electron chi connectivity index (χ2n) is 4.43. The third-order valence-electron chi connectivity index (χ3n) is 2.99. The van der Waals surface area contributed by atoms with Crippen LogP contribution in [0.1, 0.15) is 28.4 Å². The Hall–Kier alpha value is -1.02. The minimum Gasteiger partial charge on any atom is -0.384 e.